The van der Waals surface area contributed by atoms with Gasteiger partial charge in [-0.1, -0.05) is 0 Å². The quantitative estimate of drug-likeness (QED) is 0.487. The van der Waals surface area contributed by atoms with Gasteiger partial charge in [-0.2, -0.15) is 0 Å². The molecule has 0 aromatic heterocycles. The third-order valence-corrected chi connectivity index (χ3v) is 0. The molecule has 0 aromatic carbocycles. The first-order valence-electron chi connectivity index (χ1n) is 0.154. The summed E-state index contributed by atoms with van der Waals surface area (Å²) >= 11 is 1.69. The van der Waals surface area contributed by atoms with Gasteiger partial charge in [0.05, 0.1) is 0 Å². The van der Waals surface area contributed by atoms with Crippen molar-refractivity contribution < 1.29 is 36.8 Å². The summed E-state index contributed by atoms with van der Waals surface area (Å²) in [5.41, 5.74) is 0. The first-order chi connectivity index (χ1) is 1.00. The molecule has 0 fully saturated rings. The van der Waals surface area contributed by atoms with Crippen molar-refractivity contribution in [3.05, 3.63) is 0 Å². The summed E-state index contributed by atoms with van der Waals surface area (Å²) in [5.74, 6) is 0. The van der Waals surface area contributed by atoms with E-state index in [1.165, 1.54) is 0 Å². The van der Waals surface area contributed by atoms with Crippen LogP contribution in [0.25, 0.3) is 0 Å². The van der Waals surface area contributed by atoms with E-state index in [1.807, 2.05) is 0 Å². The van der Waals surface area contributed by atoms with Crippen LogP contribution in [0.3, 0.4) is 0 Å². The average Bonchev–Trinajstić information content (AvgIpc) is 1.00. The van der Waals surface area contributed by atoms with Gasteiger partial charge in [0, 0.05) is 17.1 Å². The van der Waals surface area contributed by atoms with Gasteiger partial charge in [-0.05, 0) is 0 Å². The van der Waals surface area contributed by atoms with Crippen LogP contribution in [0.15, 0.2) is 0 Å². The molecule has 0 rings (SSSR count). The Morgan fingerprint density at radius 3 is 1.25 bits per heavy atom. The Kier molecular flexibility index (Phi) is 249. The van der Waals surface area contributed by atoms with Crippen molar-refractivity contribution in [2.45, 2.75) is 0 Å². The molecule has 2 nitrogen and oxygen atoms in total. The zero-order valence-electron chi connectivity index (χ0n) is 1.85. The number of hydrogen-bond acceptors (Lipinski definition) is 2. The fraction of sp³-hybridized carbons (Fsp3) is 0. The molecule has 0 atom stereocenters. The van der Waals surface area contributed by atoms with Crippen LogP contribution >= 0.6 is 0 Å². The molecule has 0 radical (unpaired) electrons. The van der Waals surface area contributed by atoms with E-state index in [4.69, 9.17) is 3.83 Å². The van der Waals surface area contributed by atoms with Gasteiger partial charge >= 0.3 is 19.8 Å². The van der Waals surface area contributed by atoms with Crippen LogP contribution in [0.4, 0.5) is 0 Å². The molecule has 3 N–H and O–H groups in total. The van der Waals surface area contributed by atoms with Crippen molar-refractivity contribution in [2.24, 2.45) is 0 Å². The van der Waals surface area contributed by atoms with E-state index in [2.05, 4.69) is 0 Å². The molecular formula is H3FeMnNO. The topological polar surface area (TPSA) is 52.1 Å². The van der Waals surface area contributed by atoms with Crippen LogP contribution in [-0.2, 0) is 36.8 Å². The second-order valence-electron chi connectivity index (χ2n) is 0. The van der Waals surface area contributed by atoms with Crippen LogP contribution < -0.4 is 6.15 Å². The maximum atomic E-state index is 8.06. The summed E-state index contributed by atoms with van der Waals surface area (Å²) in [6, 6.07) is 0. The van der Waals surface area contributed by atoms with E-state index < -0.39 is 0 Å². The number of rotatable bonds is 0. The summed E-state index contributed by atoms with van der Waals surface area (Å²) in [7, 11) is 0. The third-order valence-electron chi connectivity index (χ3n) is 0. The van der Waals surface area contributed by atoms with E-state index in [1.54, 1.807) is 15.9 Å². The SMILES string of the molecule is N.[Fe].[O]=[Mn]. The number of hydrogen-bond donors (Lipinski definition) is 1. The van der Waals surface area contributed by atoms with Crippen LogP contribution in [0.5, 0.6) is 0 Å². The van der Waals surface area contributed by atoms with Gasteiger partial charge in [-0.3, -0.25) is 0 Å². The van der Waals surface area contributed by atoms with E-state index in [9.17, 15) is 0 Å². The minimum absolute atomic E-state index is 0. The Hall–Kier alpha value is 0.799. The fourth-order valence-electron chi connectivity index (χ4n) is 0. The minimum atomic E-state index is 0. The van der Waals surface area contributed by atoms with Crippen molar-refractivity contribution in [1.29, 1.82) is 0 Å². The predicted octanol–water partition coefficient (Wildman–Crippen LogP) is 0.0382. The normalized spacial score (nSPS) is 1.00. The summed E-state index contributed by atoms with van der Waals surface area (Å²) in [5, 5.41) is 0. The fourth-order valence-corrected chi connectivity index (χ4v) is 0. The van der Waals surface area contributed by atoms with Gasteiger partial charge in [0.2, 0.25) is 0 Å². The monoisotopic (exact) mass is 144 g/mol. The Labute approximate surface area is 43.4 Å². The molecule has 0 saturated carbocycles. The molecule has 0 bridgehead atoms. The standard InChI is InChI=1S/Fe.Mn.H3N.O/h;;1H3;. The van der Waals surface area contributed by atoms with Gasteiger partial charge in [0.25, 0.3) is 0 Å². The molecule has 0 aliphatic rings. The van der Waals surface area contributed by atoms with Gasteiger partial charge in [-0.25, -0.2) is 0 Å². The Bertz CT molecular complexity index is 8.00. The molecule has 0 spiro atoms. The van der Waals surface area contributed by atoms with Gasteiger partial charge in [0.1, 0.15) is 0 Å². The molecule has 0 aliphatic heterocycles. The molecule has 0 aromatic rings. The molecule has 4 heteroatoms. The predicted molar refractivity (Wildman–Crippen MR) is 5.71 cm³/mol. The third kappa shape index (κ3) is 14.2. The van der Waals surface area contributed by atoms with Crippen molar-refractivity contribution in [2.75, 3.05) is 0 Å². The molecule has 0 saturated heterocycles. The second kappa shape index (κ2) is 46.6. The average molecular weight is 144 g/mol. The van der Waals surface area contributed by atoms with Crippen LogP contribution in [0.2, 0.25) is 0 Å². The van der Waals surface area contributed by atoms with Crippen molar-refractivity contribution in [3.8, 4) is 0 Å². The summed E-state index contributed by atoms with van der Waals surface area (Å²) < 4.78 is 8.06. The summed E-state index contributed by atoms with van der Waals surface area (Å²) in [6.07, 6.45) is 0. The molecule has 0 unspecified atom stereocenters. The van der Waals surface area contributed by atoms with Gasteiger partial charge in [-0.15, -0.1) is 0 Å². The summed E-state index contributed by atoms with van der Waals surface area (Å²) in [4.78, 5) is 0. The van der Waals surface area contributed by atoms with E-state index in [-0.39, 0.29) is 23.2 Å². The first-order valence-corrected chi connectivity index (χ1v) is 0.636. The van der Waals surface area contributed by atoms with Crippen molar-refractivity contribution >= 4 is 0 Å². The Morgan fingerprint density at radius 1 is 1.25 bits per heavy atom. The first kappa shape index (κ1) is 21.4. The van der Waals surface area contributed by atoms with E-state index in [0.717, 1.165) is 0 Å². The Balaban J connectivity index is -0.00000000500. The van der Waals surface area contributed by atoms with Gasteiger partial charge in [0.15, 0.2) is 0 Å². The van der Waals surface area contributed by atoms with Crippen LogP contribution in [0, 0.1) is 0 Å². The Morgan fingerprint density at radius 2 is 1.25 bits per heavy atom. The molecular weight excluding hydrogens is 141 g/mol. The van der Waals surface area contributed by atoms with E-state index >= 15 is 0 Å². The summed E-state index contributed by atoms with van der Waals surface area (Å²) in [6.45, 7) is 0. The van der Waals surface area contributed by atoms with Crippen LogP contribution in [-0.4, -0.2) is 0 Å². The molecule has 0 amide bonds. The van der Waals surface area contributed by atoms with Crippen molar-refractivity contribution in [1.82, 2.24) is 6.15 Å². The maximum absolute atomic E-state index is 8.06. The zero-order chi connectivity index (χ0) is 2.00. The molecule has 0 heterocycles. The van der Waals surface area contributed by atoms with Crippen LogP contribution in [0.1, 0.15) is 0 Å². The molecule has 4 heavy (non-hydrogen) atoms. The molecule has 0 aliphatic carbocycles. The molecule has 29 valence electrons. The second-order valence-corrected chi connectivity index (χ2v) is 0. The van der Waals surface area contributed by atoms with Crippen molar-refractivity contribution in [3.63, 3.8) is 0 Å². The van der Waals surface area contributed by atoms with Gasteiger partial charge < -0.3 is 6.15 Å². The van der Waals surface area contributed by atoms with E-state index in [0.29, 0.717) is 0 Å². The zero-order valence-corrected chi connectivity index (χ0v) is 4.13.